The van der Waals surface area contributed by atoms with Gasteiger partial charge in [-0.25, -0.2) is 0 Å². The largest absolute Gasteiger partial charge is 0.350 e. The maximum absolute atomic E-state index is 6.01. The minimum atomic E-state index is 0.805. The number of aromatic nitrogens is 1. The van der Waals surface area contributed by atoms with E-state index in [1.54, 1.807) is 0 Å². The number of hydrogen-bond acceptors (Lipinski definition) is 1. The Morgan fingerprint density at radius 3 is 2.93 bits per heavy atom. The second-order valence-corrected chi connectivity index (χ2v) is 4.22. The summed E-state index contributed by atoms with van der Waals surface area (Å²) in [5.41, 5.74) is 2.59. The van der Waals surface area contributed by atoms with Crippen molar-refractivity contribution in [3.63, 3.8) is 0 Å². The van der Waals surface area contributed by atoms with E-state index in [0.717, 1.165) is 18.0 Å². The van der Waals surface area contributed by atoms with Crippen LogP contribution in [0.3, 0.4) is 0 Å². The number of aryl methyl sites for hydroxylation is 1. The highest BCUT2D eigenvalue weighted by molar-refractivity contribution is 6.31. The first kappa shape index (κ1) is 10.5. The molecule has 0 bridgehead atoms. The van der Waals surface area contributed by atoms with Gasteiger partial charge < -0.3 is 9.88 Å². The second kappa shape index (κ2) is 4.25. The van der Waals surface area contributed by atoms with Gasteiger partial charge in [0.1, 0.15) is 0 Å². The highest BCUT2D eigenvalue weighted by Gasteiger charge is 2.06. The Hall–Kier alpha value is -0.990. The van der Waals surface area contributed by atoms with E-state index in [4.69, 9.17) is 11.6 Å². The summed E-state index contributed by atoms with van der Waals surface area (Å²) in [6.45, 7) is 0.992. The quantitative estimate of drug-likeness (QED) is 0.845. The van der Waals surface area contributed by atoms with Crippen LogP contribution in [0, 0.1) is 0 Å². The molecule has 0 unspecified atom stereocenters. The summed E-state index contributed by atoms with van der Waals surface area (Å²) in [6, 6.07) is 6.05. The van der Waals surface area contributed by atoms with E-state index in [9.17, 15) is 0 Å². The van der Waals surface area contributed by atoms with Crippen LogP contribution in [0.1, 0.15) is 5.56 Å². The molecule has 15 heavy (non-hydrogen) atoms. The molecule has 1 heterocycles. The Kier molecular flexibility index (Phi) is 2.98. The maximum Gasteiger partial charge on any atom is 0.0481 e. The van der Waals surface area contributed by atoms with E-state index in [2.05, 4.69) is 29.2 Å². The Bertz CT molecular complexity index is 474. The Morgan fingerprint density at radius 2 is 2.20 bits per heavy atom. The normalized spacial score (nSPS) is 11.1. The van der Waals surface area contributed by atoms with Crippen LogP contribution < -0.4 is 5.32 Å². The smallest absolute Gasteiger partial charge is 0.0481 e. The van der Waals surface area contributed by atoms with Crippen molar-refractivity contribution < 1.29 is 0 Å². The topological polar surface area (TPSA) is 17.0 Å². The zero-order valence-corrected chi connectivity index (χ0v) is 9.80. The van der Waals surface area contributed by atoms with Gasteiger partial charge in [-0.3, -0.25) is 0 Å². The minimum Gasteiger partial charge on any atom is -0.350 e. The fourth-order valence-corrected chi connectivity index (χ4v) is 2.08. The molecule has 0 atom stereocenters. The van der Waals surface area contributed by atoms with E-state index in [1.807, 2.05) is 19.2 Å². The lowest BCUT2D eigenvalue weighted by Crippen LogP contribution is -2.09. The lowest BCUT2D eigenvalue weighted by Gasteiger charge is -1.98. The van der Waals surface area contributed by atoms with Crippen molar-refractivity contribution in [1.29, 1.82) is 0 Å². The fourth-order valence-electron chi connectivity index (χ4n) is 1.90. The SMILES string of the molecule is CNCCc1cn(C)c2ccc(Cl)cc12. The number of hydrogen-bond donors (Lipinski definition) is 1. The summed E-state index contributed by atoms with van der Waals surface area (Å²) < 4.78 is 2.15. The van der Waals surface area contributed by atoms with Crippen LogP contribution in [0.5, 0.6) is 0 Å². The molecule has 1 aromatic carbocycles. The van der Waals surface area contributed by atoms with Crippen LogP contribution >= 0.6 is 11.6 Å². The first-order valence-electron chi connectivity index (χ1n) is 5.10. The number of nitrogens with zero attached hydrogens (tertiary/aromatic N) is 1. The third kappa shape index (κ3) is 2.01. The molecular weight excluding hydrogens is 208 g/mol. The van der Waals surface area contributed by atoms with E-state index < -0.39 is 0 Å². The van der Waals surface area contributed by atoms with Gasteiger partial charge in [-0.2, -0.15) is 0 Å². The molecular formula is C12H15ClN2. The first-order chi connectivity index (χ1) is 7.22. The summed E-state index contributed by atoms with van der Waals surface area (Å²) in [4.78, 5) is 0. The number of likely N-dealkylation sites (N-methyl/N-ethyl adjacent to an activating group) is 1. The van der Waals surface area contributed by atoms with Gasteiger partial charge >= 0.3 is 0 Å². The van der Waals surface area contributed by atoms with Crippen LogP contribution in [0.2, 0.25) is 5.02 Å². The summed E-state index contributed by atoms with van der Waals surface area (Å²) in [6.07, 6.45) is 3.21. The molecule has 0 radical (unpaired) electrons. The molecule has 1 N–H and O–H groups in total. The van der Waals surface area contributed by atoms with Crippen LogP contribution in [0.15, 0.2) is 24.4 Å². The van der Waals surface area contributed by atoms with Gasteiger partial charge in [-0.15, -0.1) is 0 Å². The lowest BCUT2D eigenvalue weighted by molar-refractivity contribution is 0.791. The maximum atomic E-state index is 6.01. The Morgan fingerprint density at radius 1 is 1.40 bits per heavy atom. The van der Waals surface area contributed by atoms with E-state index in [0.29, 0.717) is 0 Å². The molecule has 0 spiro atoms. The van der Waals surface area contributed by atoms with Crippen LogP contribution in [-0.4, -0.2) is 18.2 Å². The van der Waals surface area contributed by atoms with Gasteiger partial charge in [0.25, 0.3) is 0 Å². The predicted molar refractivity (Wildman–Crippen MR) is 65.6 cm³/mol. The molecule has 3 heteroatoms. The van der Waals surface area contributed by atoms with Crippen molar-refractivity contribution in [2.75, 3.05) is 13.6 Å². The summed E-state index contributed by atoms with van der Waals surface area (Å²) in [7, 11) is 4.04. The van der Waals surface area contributed by atoms with Crippen molar-refractivity contribution in [2.24, 2.45) is 7.05 Å². The molecule has 2 nitrogen and oxygen atoms in total. The van der Waals surface area contributed by atoms with E-state index in [1.165, 1.54) is 16.5 Å². The van der Waals surface area contributed by atoms with E-state index in [-0.39, 0.29) is 0 Å². The number of benzene rings is 1. The van der Waals surface area contributed by atoms with Crippen molar-refractivity contribution in [2.45, 2.75) is 6.42 Å². The third-order valence-corrected chi connectivity index (χ3v) is 2.91. The molecule has 80 valence electrons. The van der Waals surface area contributed by atoms with Crippen LogP contribution in [0.25, 0.3) is 10.9 Å². The standard InChI is InChI=1S/C12H15ClN2/c1-14-6-5-9-8-15(2)12-4-3-10(13)7-11(9)12/h3-4,7-8,14H,5-6H2,1-2H3. The van der Waals surface area contributed by atoms with Crippen molar-refractivity contribution in [3.05, 3.63) is 35.0 Å². The molecule has 0 saturated heterocycles. The average Bonchev–Trinajstić information content (AvgIpc) is 2.52. The average molecular weight is 223 g/mol. The fraction of sp³-hybridized carbons (Fsp3) is 0.333. The molecule has 0 aliphatic rings. The monoisotopic (exact) mass is 222 g/mol. The van der Waals surface area contributed by atoms with Crippen LogP contribution in [0.4, 0.5) is 0 Å². The summed E-state index contributed by atoms with van der Waals surface area (Å²) in [5, 5.41) is 5.23. The number of halogens is 1. The van der Waals surface area contributed by atoms with E-state index >= 15 is 0 Å². The molecule has 2 aromatic rings. The molecule has 0 fully saturated rings. The van der Waals surface area contributed by atoms with Crippen molar-refractivity contribution in [3.8, 4) is 0 Å². The van der Waals surface area contributed by atoms with Gasteiger partial charge in [0, 0.05) is 29.2 Å². The summed E-state index contributed by atoms with van der Waals surface area (Å²) in [5.74, 6) is 0. The predicted octanol–water partition coefficient (Wildman–Crippen LogP) is 2.59. The summed E-state index contributed by atoms with van der Waals surface area (Å²) >= 11 is 6.01. The molecule has 1 aromatic heterocycles. The molecule has 0 saturated carbocycles. The van der Waals surface area contributed by atoms with Crippen molar-refractivity contribution >= 4 is 22.5 Å². The first-order valence-corrected chi connectivity index (χ1v) is 5.48. The van der Waals surface area contributed by atoms with Gasteiger partial charge in [-0.05, 0) is 43.8 Å². The van der Waals surface area contributed by atoms with Gasteiger partial charge in [0.2, 0.25) is 0 Å². The number of nitrogens with one attached hydrogen (secondary N) is 1. The minimum absolute atomic E-state index is 0.805. The third-order valence-electron chi connectivity index (χ3n) is 2.68. The number of fused-ring (bicyclic) bond motifs is 1. The zero-order chi connectivity index (χ0) is 10.8. The zero-order valence-electron chi connectivity index (χ0n) is 9.05. The highest BCUT2D eigenvalue weighted by atomic mass is 35.5. The lowest BCUT2D eigenvalue weighted by atomic mass is 10.1. The Balaban J connectivity index is 2.49. The second-order valence-electron chi connectivity index (χ2n) is 3.78. The molecule has 0 aliphatic carbocycles. The van der Waals surface area contributed by atoms with Gasteiger partial charge in [-0.1, -0.05) is 11.6 Å². The molecule has 0 aliphatic heterocycles. The van der Waals surface area contributed by atoms with Crippen molar-refractivity contribution in [1.82, 2.24) is 9.88 Å². The van der Waals surface area contributed by atoms with Gasteiger partial charge in [0.05, 0.1) is 0 Å². The van der Waals surface area contributed by atoms with Gasteiger partial charge in [0.15, 0.2) is 0 Å². The van der Waals surface area contributed by atoms with Crippen LogP contribution in [-0.2, 0) is 13.5 Å². The highest BCUT2D eigenvalue weighted by Crippen LogP contribution is 2.24. The number of rotatable bonds is 3. The molecule has 0 amide bonds. The molecule has 2 rings (SSSR count). The Labute approximate surface area is 94.8 Å².